The van der Waals surface area contributed by atoms with Gasteiger partial charge in [-0.25, -0.2) is 4.68 Å². The van der Waals surface area contributed by atoms with E-state index in [1.165, 1.54) is 4.68 Å². The standard InChI is InChI=1S/C16H15ClN6O/c1-22-16(18-14(21-22)11-6-2-3-7-12(11)17)19-15(24)13-9-10-5-4-8-23(10)20-13/h2-3,6-7,9H,4-5,8H2,1H3,(H,18,19,21,24). The molecule has 8 heteroatoms. The van der Waals surface area contributed by atoms with Gasteiger partial charge in [-0.1, -0.05) is 23.7 Å². The first-order chi connectivity index (χ1) is 11.6. The Kier molecular flexibility index (Phi) is 3.57. The van der Waals surface area contributed by atoms with Crippen LogP contribution in [0.5, 0.6) is 0 Å². The van der Waals surface area contributed by atoms with E-state index < -0.39 is 0 Å². The molecule has 2 aromatic heterocycles. The summed E-state index contributed by atoms with van der Waals surface area (Å²) in [5.41, 5.74) is 2.21. The van der Waals surface area contributed by atoms with Gasteiger partial charge in [0, 0.05) is 24.8 Å². The van der Waals surface area contributed by atoms with Crippen molar-refractivity contribution in [2.45, 2.75) is 19.4 Å². The summed E-state index contributed by atoms with van der Waals surface area (Å²) < 4.78 is 3.39. The highest BCUT2D eigenvalue weighted by Gasteiger charge is 2.20. The number of carbonyl (C=O) groups excluding carboxylic acids is 1. The van der Waals surface area contributed by atoms with Crippen LogP contribution in [0.15, 0.2) is 30.3 Å². The Morgan fingerprint density at radius 2 is 2.12 bits per heavy atom. The molecule has 1 aliphatic heterocycles. The van der Waals surface area contributed by atoms with Gasteiger partial charge in [0.1, 0.15) is 0 Å². The summed E-state index contributed by atoms with van der Waals surface area (Å²) in [5.74, 6) is 0.520. The molecule has 24 heavy (non-hydrogen) atoms. The van der Waals surface area contributed by atoms with E-state index in [1.807, 2.05) is 28.9 Å². The van der Waals surface area contributed by atoms with Gasteiger partial charge in [0.2, 0.25) is 5.95 Å². The number of aryl methyl sites for hydroxylation is 3. The molecule has 1 amide bonds. The van der Waals surface area contributed by atoms with Crippen molar-refractivity contribution < 1.29 is 4.79 Å². The maximum atomic E-state index is 12.4. The number of nitrogens with one attached hydrogen (secondary N) is 1. The molecule has 122 valence electrons. The molecule has 0 saturated carbocycles. The topological polar surface area (TPSA) is 77.6 Å². The minimum atomic E-state index is -0.293. The minimum absolute atomic E-state index is 0.293. The zero-order valence-electron chi connectivity index (χ0n) is 13.0. The number of amides is 1. The number of hydrogen-bond donors (Lipinski definition) is 1. The van der Waals surface area contributed by atoms with Crippen molar-refractivity contribution in [1.82, 2.24) is 24.5 Å². The minimum Gasteiger partial charge on any atom is -0.289 e. The van der Waals surface area contributed by atoms with Crippen molar-refractivity contribution in [2.75, 3.05) is 5.32 Å². The summed E-state index contributed by atoms with van der Waals surface area (Å²) in [5, 5.41) is 12.0. The van der Waals surface area contributed by atoms with E-state index in [-0.39, 0.29) is 5.91 Å². The monoisotopic (exact) mass is 342 g/mol. The number of benzene rings is 1. The van der Waals surface area contributed by atoms with Gasteiger partial charge in [0.25, 0.3) is 5.91 Å². The summed E-state index contributed by atoms with van der Waals surface area (Å²) in [6, 6.07) is 9.15. The second kappa shape index (κ2) is 5.76. The van der Waals surface area contributed by atoms with E-state index >= 15 is 0 Å². The van der Waals surface area contributed by atoms with Crippen LogP contribution in [0, 0.1) is 0 Å². The molecule has 0 spiro atoms. The van der Waals surface area contributed by atoms with Gasteiger partial charge in [-0.3, -0.25) is 14.8 Å². The average Bonchev–Trinajstić information content (AvgIpc) is 3.23. The lowest BCUT2D eigenvalue weighted by atomic mass is 10.2. The number of halogens is 1. The predicted molar refractivity (Wildman–Crippen MR) is 90.0 cm³/mol. The zero-order valence-corrected chi connectivity index (χ0v) is 13.8. The Hall–Kier alpha value is -2.67. The molecule has 0 aliphatic carbocycles. The van der Waals surface area contributed by atoms with Gasteiger partial charge >= 0.3 is 0 Å². The lowest BCUT2D eigenvalue weighted by Crippen LogP contribution is -2.16. The Morgan fingerprint density at radius 1 is 1.29 bits per heavy atom. The summed E-state index contributed by atoms with van der Waals surface area (Å²) in [4.78, 5) is 16.8. The van der Waals surface area contributed by atoms with Crippen LogP contribution in [0.4, 0.5) is 5.95 Å². The van der Waals surface area contributed by atoms with Crippen molar-refractivity contribution >= 4 is 23.5 Å². The van der Waals surface area contributed by atoms with Crippen molar-refractivity contribution in [3.8, 4) is 11.4 Å². The average molecular weight is 343 g/mol. The van der Waals surface area contributed by atoms with Gasteiger partial charge in [0.15, 0.2) is 11.5 Å². The molecule has 0 radical (unpaired) electrons. The number of anilines is 1. The first kappa shape index (κ1) is 14.9. The SMILES string of the molecule is Cn1nc(-c2ccccc2Cl)nc1NC(=O)c1cc2n(n1)CCC2. The highest BCUT2D eigenvalue weighted by atomic mass is 35.5. The molecule has 3 aromatic rings. The first-order valence-corrected chi connectivity index (χ1v) is 8.03. The maximum Gasteiger partial charge on any atom is 0.278 e. The van der Waals surface area contributed by atoms with Crippen LogP contribution in [-0.2, 0) is 20.0 Å². The molecule has 3 heterocycles. The molecule has 1 aromatic carbocycles. The van der Waals surface area contributed by atoms with Gasteiger partial charge in [-0.15, -0.1) is 5.10 Å². The second-order valence-corrected chi connectivity index (χ2v) is 6.07. The quantitative estimate of drug-likeness (QED) is 0.793. The molecular weight excluding hydrogens is 328 g/mol. The lowest BCUT2D eigenvalue weighted by Gasteiger charge is -2.00. The van der Waals surface area contributed by atoms with E-state index in [1.54, 1.807) is 13.1 Å². The first-order valence-electron chi connectivity index (χ1n) is 7.66. The molecule has 1 N–H and O–H groups in total. The van der Waals surface area contributed by atoms with E-state index in [0.717, 1.165) is 30.6 Å². The number of carbonyl (C=O) groups is 1. The third kappa shape index (κ3) is 2.56. The summed E-state index contributed by atoms with van der Waals surface area (Å²) >= 11 is 6.18. The van der Waals surface area contributed by atoms with Crippen LogP contribution in [-0.4, -0.2) is 30.5 Å². The molecule has 0 fully saturated rings. The smallest absolute Gasteiger partial charge is 0.278 e. The Bertz CT molecular complexity index is 907. The normalized spacial score (nSPS) is 13.1. The molecule has 4 rings (SSSR count). The van der Waals surface area contributed by atoms with E-state index in [2.05, 4.69) is 20.5 Å². The van der Waals surface area contributed by atoms with E-state index in [9.17, 15) is 4.79 Å². The van der Waals surface area contributed by atoms with Crippen molar-refractivity contribution in [1.29, 1.82) is 0 Å². The predicted octanol–water partition coefficient (Wildman–Crippen LogP) is 2.53. The van der Waals surface area contributed by atoms with Crippen LogP contribution in [0.3, 0.4) is 0 Å². The fraction of sp³-hybridized carbons (Fsp3) is 0.250. The van der Waals surface area contributed by atoms with Gasteiger partial charge < -0.3 is 0 Å². The molecule has 0 bridgehead atoms. The number of hydrogen-bond acceptors (Lipinski definition) is 4. The van der Waals surface area contributed by atoms with Gasteiger partial charge in [-0.2, -0.15) is 10.1 Å². The highest BCUT2D eigenvalue weighted by molar-refractivity contribution is 6.33. The fourth-order valence-electron chi connectivity index (χ4n) is 2.79. The fourth-order valence-corrected chi connectivity index (χ4v) is 3.01. The summed E-state index contributed by atoms with van der Waals surface area (Å²) in [6.45, 7) is 0.864. The molecule has 1 aliphatic rings. The zero-order chi connectivity index (χ0) is 16.7. The summed E-state index contributed by atoms with van der Waals surface area (Å²) in [6.07, 6.45) is 2.04. The van der Waals surface area contributed by atoms with Crippen LogP contribution >= 0.6 is 11.6 Å². The maximum absolute atomic E-state index is 12.4. The Labute approximate surface area is 143 Å². The molecule has 0 saturated heterocycles. The third-order valence-corrected chi connectivity index (χ3v) is 4.33. The molecule has 7 nitrogen and oxygen atoms in total. The molecule has 0 unspecified atom stereocenters. The summed E-state index contributed by atoms with van der Waals surface area (Å²) in [7, 11) is 1.72. The number of aromatic nitrogens is 5. The van der Waals surface area contributed by atoms with E-state index in [0.29, 0.717) is 22.5 Å². The van der Waals surface area contributed by atoms with E-state index in [4.69, 9.17) is 11.6 Å². The van der Waals surface area contributed by atoms with Crippen LogP contribution in [0.2, 0.25) is 5.02 Å². The third-order valence-electron chi connectivity index (χ3n) is 4.00. The lowest BCUT2D eigenvalue weighted by molar-refractivity contribution is 0.102. The number of rotatable bonds is 3. The largest absolute Gasteiger partial charge is 0.289 e. The van der Waals surface area contributed by atoms with Crippen molar-refractivity contribution in [3.63, 3.8) is 0 Å². The van der Waals surface area contributed by atoms with Crippen LogP contribution in [0.25, 0.3) is 11.4 Å². The van der Waals surface area contributed by atoms with Crippen molar-refractivity contribution in [3.05, 3.63) is 46.7 Å². The molecule has 0 atom stereocenters. The number of fused-ring (bicyclic) bond motifs is 1. The highest BCUT2D eigenvalue weighted by Crippen LogP contribution is 2.25. The van der Waals surface area contributed by atoms with Crippen LogP contribution < -0.4 is 5.32 Å². The molecular formula is C16H15ClN6O. The van der Waals surface area contributed by atoms with Gasteiger partial charge in [-0.05, 0) is 31.0 Å². The second-order valence-electron chi connectivity index (χ2n) is 5.66. The number of nitrogens with zero attached hydrogens (tertiary/aromatic N) is 5. The van der Waals surface area contributed by atoms with Crippen LogP contribution in [0.1, 0.15) is 22.6 Å². The Balaban J connectivity index is 1.58. The van der Waals surface area contributed by atoms with Crippen molar-refractivity contribution in [2.24, 2.45) is 7.05 Å². The Morgan fingerprint density at radius 3 is 2.92 bits per heavy atom. The van der Waals surface area contributed by atoms with Gasteiger partial charge in [0.05, 0.1) is 5.02 Å².